The number of benzene rings is 1. The molecule has 82 valence electrons. The van der Waals surface area contributed by atoms with Gasteiger partial charge >= 0.3 is 0 Å². The predicted molar refractivity (Wildman–Crippen MR) is 59.9 cm³/mol. The first-order valence-corrected chi connectivity index (χ1v) is 5.25. The Morgan fingerprint density at radius 3 is 2.88 bits per heavy atom. The monoisotopic (exact) mass is 217 g/mol. The lowest BCUT2D eigenvalue weighted by atomic mass is 10.1. The van der Waals surface area contributed by atoms with Crippen molar-refractivity contribution in [2.24, 2.45) is 0 Å². The van der Waals surface area contributed by atoms with Gasteiger partial charge < -0.3 is 14.8 Å². The molecule has 4 nitrogen and oxygen atoms in total. The summed E-state index contributed by atoms with van der Waals surface area (Å²) in [7, 11) is 0. The van der Waals surface area contributed by atoms with Gasteiger partial charge in [0, 0.05) is 11.6 Å². The minimum absolute atomic E-state index is 0.0848. The van der Waals surface area contributed by atoms with Gasteiger partial charge in [-0.3, -0.25) is 4.79 Å². The number of pyridine rings is 1. The first-order chi connectivity index (χ1) is 7.74. The first kappa shape index (κ1) is 9.27. The van der Waals surface area contributed by atoms with E-state index in [-0.39, 0.29) is 17.4 Å². The normalized spacial score (nSPS) is 15.2. The van der Waals surface area contributed by atoms with Crippen LogP contribution in [0.5, 0.6) is 11.5 Å². The number of aromatic hydroxyl groups is 1. The average Bonchev–Trinajstić information content (AvgIpc) is 3.06. The largest absolute Gasteiger partial charge is 0.508 e. The highest BCUT2D eigenvalue weighted by Gasteiger charge is 2.24. The predicted octanol–water partition coefficient (Wildman–Crippen LogP) is 1.77. The quantitative estimate of drug-likeness (QED) is 0.805. The maximum Gasteiger partial charge on any atom is 0.256 e. The Balaban J connectivity index is 2.21. The van der Waals surface area contributed by atoms with Gasteiger partial charge in [-0.15, -0.1) is 0 Å². The maximum atomic E-state index is 11.6. The molecule has 0 radical (unpaired) electrons. The third kappa shape index (κ3) is 1.52. The van der Waals surface area contributed by atoms with E-state index in [4.69, 9.17) is 4.74 Å². The second-order valence-electron chi connectivity index (χ2n) is 4.03. The topological polar surface area (TPSA) is 62.3 Å². The van der Waals surface area contributed by atoms with Gasteiger partial charge in [-0.25, -0.2) is 0 Å². The molecular weight excluding hydrogens is 206 g/mol. The summed E-state index contributed by atoms with van der Waals surface area (Å²) in [4.78, 5) is 14.2. The first-order valence-electron chi connectivity index (χ1n) is 5.25. The number of nitrogens with one attached hydrogen (secondary N) is 1. The zero-order valence-electron chi connectivity index (χ0n) is 8.56. The van der Waals surface area contributed by atoms with Crippen molar-refractivity contribution >= 4 is 10.8 Å². The van der Waals surface area contributed by atoms with Gasteiger partial charge in [0.15, 0.2) is 0 Å². The molecule has 1 fully saturated rings. The van der Waals surface area contributed by atoms with E-state index >= 15 is 0 Å². The summed E-state index contributed by atoms with van der Waals surface area (Å²) < 4.78 is 5.68. The summed E-state index contributed by atoms with van der Waals surface area (Å²) in [5.74, 6) is 0.763. The van der Waals surface area contributed by atoms with E-state index in [1.165, 1.54) is 6.07 Å². The number of aromatic nitrogens is 1. The van der Waals surface area contributed by atoms with Crippen LogP contribution in [-0.4, -0.2) is 16.2 Å². The molecule has 2 N–H and O–H groups in total. The van der Waals surface area contributed by atoms with Crippen LogP contribution >= 0.6 is 0 Å². The number of phenolic OH excluding ortho intramolecular Hbond substituents is 1. The number of H-pyrrole nitrogens is 1. The van der Waals surface area contributed by atoms with Crippen LogP contribution in [0.15, 0.2) is 29.2 Å². The second kappa shape index (κ2) is 3.27. The highest BCUT2D eigenvalue weighted by Crippen LogP contribution is 2.31. The minimum atomic E-state index is -0.214. The van der Waals surface area contributed by atoms with Crippen LogP contribution in [0.2, 0.25) is 0 Å². The molecule has 1 saturated carbocycles. The SMILES string of the molecule is O=c1[nH]cc(OC2CC2)c2ccc(O)cc12. The molecule has 1 aromatic carbocycles. The van der Waals surface area contributed by atoms with Crippen LogP contribution in [0.25, 0.3) is 10.8 Å². The van der Waals surface area contributed by atoms with Crippen molar-refractivity contribution in [2.45, 2.75) is 18.9 Å². The lowest BCUT2D eigenvalue weighted by Gasteiger charge is -2.07. The van der Waals surface area contributed by atoms with Crippen LogP contribution in [0.4, 0.5) is 0 Å². The molecule has 2 aromatic rings. The van der Waals surface area contributed by atoms with Crippen molar-refractivity contribution in [3.63, 3.8) is 0 Å². The van der Waals surface area contributed by atoms with Gasteiger partial charge in [-0.05, 0) is 31.0 Å². The van der Waals surface area contributed by atoms with Gasteiger partial charge in [0.1, 0.15) is 11.5 Å². The maximum absolute atomic E-state index is 11.6. The number of ether oxygens (including phenoxy) is 1. The van der Waals surface area contributed by atoms with Crippen molar-refractivity contribution in [3.8, 4) is 11.5 Å². The Labute approximate surface area is 91.5 Å². The lowest BCUT2D eigenvalue weighted by molar-refractivity contribution is 0.305. The molecular formula is C12H11NO3. The van der Waals surface area contributed by atoms with E-state index in [9.17, 15) is 9.90 Å². The van der Waals surface area contributed by atoms with Crippen molar-refractivity contribution in [1.29, 1.82) is 0 Å². The molecule has 1 aliphatic rings. The van der Waals surface area contributed by atoms with Crippen molar-refractivity contribution in [2.75, 3.05) is 0 Å². The Morgan fingerprint density at radius 2 is 2.12 bits per heavy atom. The number of rotatable bonds is 2. The zero-order valence-corrected chi connectivity index (χ0v) is 8.56. The van der Waals surface area contributed by atoms with E-state index in [0.29, 0.717) is 11.1 Å². The van der Waals surface area contributed by atoms with Crippen LogP contribution in [0.3, 0.4) is 0 Å². The molecule has 1 heterocycles. The van der Waals surface area contributed by atoms with E-state index < -0.39 is 0 Å². The Hall–Kier alpha value is -1.97. The molecule has 1 aliphatic carbocycles. The standard InChI is InChI=1S/C12H11NO3/c14-7-1-4-9-10(5-7)12(15)13-6-11(9)16-8-2-3-8/h1,4-6,8,14H,2-3H2,(H,13,15). The third-order valence-electron chi connectivity index (χ3n) is 2.67. The number of hydrogen-bond acceptors (Lipinski definition) is 3. The van der Waals surface area contributed by atoms with Gasteiger partial charge in [0.05, 0.1) is 11.5 Å². The van der Waals surface area contributed by atoms with Gasteiger partial charge in [0.25, 0.3) is 5.56 Å². The Morgan fingerprint density at radius 1 is 1.31 bits per heavy atom. The highest BCUT2D eigenvalue weighted by molar-refractivity contribution is 5.88. The minimum Gasteiger partial charge on any atom is -0.508 e. The molecule has 0 aliphatic heterocycles. The molecule has 1 aromatic heterocycles. The second-order valence-corrected chi connectivity index (χ2v) is 4.03. The number of phenols is 1. The fourth-order valence-electron chi connectivity index (χ4n) is 1.68. The van der Waals surface area contributed by atoms with E-state index in [1.807, 2.05) is 0 Å². The lowest BCUT2D eigenvalue weighted by Crippen LogP contribution is -2.07. The van der Waals surface area contributed by atoms with Gasteiger partial charge in [0.2, 0.25) is 0 Å². The zero-order chi connectivity index (χ0) is 11.1. The molecule has 4 heteroatoms. The fraction of sp³-hybridized carbons (Fsp3) is 0.250. The number of hydrogen-bond donors (Lipinski definition) is 2. The van der Waals surface area contributed by atoms with Crippen LogP contribution in [-0.2, 0) is 0 Å². The van der Waals surface area contributed by atoms with E-state index in [0.717, 1.165) is 18.2 Å². The number of fused-ring (bicyclic) bond motifs is 1. The Kier molecular flexibility index (Phi) is 1.89. The van der Waals surface area contributed by atoms with Crippen LogP contribution in [0.1, 0.15) is 12.8 Å². The van der Waals surface area contributed by atoms with Gasteiger partial charge in [-0.1, -0.05) is 0 Å². The number of aromatic amines is 1. The van der Waals surface area contributed by atoms with Crippen LogP contribution < -0.4 is 10.3 Å². The highest BCUT2D eigenvalue weighted by atomic mass is 16.5. The summed E-state index contributed by atoms with van der Waals surface area (Å²) in [5, 5.41) is 10.5. The Bertz CT molecular complexity index is 599. The third-order valence-corrected chi connectivity index (χ3v) is 2.67. The summed E-state index contributed by atoms with van der Waals surface area (Å²) >= 11 is 0. The molecule has 3 rings (SSSR count). The van der Waals surface area contributed by atoms with E-state index in [2.05, 4.69) is 4.98 Å². The van der Waals surface area contributed by atoms with Crippen molar-refractivity contribution in [3.05, 3.63) is 34.7 Å². The summed E-state index contributed by atoms with van der Waals surface area (Å²) in [5.41, 5.74) is -0.214. The summed E-state index contributed by atoms with van der Waals surface area (Å²) in [6.45, 7) is 0. The molecule has 0 spiro atoms. The smallest absolute Gasteiger partial charge is 0.256 e. The fourth-order valence-corrected chi connectivity index (χ4v) is 1.68. The van der Waals surface area contributed by atoms with Gasteiger partial charge in [-0.2, -0.15) is 0 Å². The molecule has 0 atom stereocenters. The van der Waals surface area contributed by atoms with E-state index in [1.54, 1.807) is 18.3 Å². The van der Waals surface area contributed by atoms with Crippen LogP contribution in [0, 0.1) is 0 Å². The molecule has 0 unspecified atom stereocenters. The molecule has 0 saturated heterocycles. The molecule has 16 heavy (non-hydrogen) atoms. The average molecular weight is 217 g/mol. The molecule has 0 bridgehead atoms. The molecule has 0 amide bonds. The van der Waals surface area contributed by atoms with Crippen molar-refractivity contribution < 1.29 is 9.84 Å². The van der Waals surface area contributed by atoms with Crippen molar-refractivity contribution in [1.82, 2.24) is 4.98 Å². The summed E-state index contributed by atoms with van der Waals surface area (Å²) in [6, 6.07) is 4.72. The summed E-state index contributed by atoms with van der Waals surface area (Å²) in [6.07, 6.45) is 4.00.